The zero-order chi connectivity index (χ0) is 19.3. The summed E-state index contributed by atoms with van der Waals surface area (Å²) < 4.78 is 41.8. The number of benzene rings is 2. The lowest BCUT2D eigenvalue weighted by Gasteiger charge is -2.38. The van der Waals surface area contributed by atoms with Gasteiger partial charge in [-0.1, -0.05) is 44.2 Å². The number of rotatable bonds is 3. The summed E-state index contributed by atoms with van der Waals surface area (Å²) in [6, 6.07) is 8.65. The first-order valence-corrected chi connectivity index (χ1v) is 8.69. The Labute approximate surface area is 151 Å². The van der Waals surface area contributed by atoms with Crippen molar-refractivity contribution in [2.45, 2.75) is 57.8 Å². The van der Waals surface area contributed by atoms with Gasteiger partial charge in [-0.15, -0.1) is 0 Å². The molecule has 1 aliphatic rings. The van der Waals surface area contributed by atoms with Crippen LogP contribution < -0.4 is 5.43 Å². The molecule has 6 heteroatoms. The van der Waals surface area contributed by atoms with Crippen LogP contribution in [0.2, 0.25) is 0 Å². The largest absolute Gasteiger partial charge is 0.409 e. The van der Waals surface area contributed by atoms with E-state index in [2.05, 4.69) is 19.3 Å². The second kappa shape index (κ2) is 6.27. The van der Waals surface area contributed by atoms with Gasteiger partial charge in [-0.05, 0) is 47.7 Å². The average molecular weight is 364 g/mol. The SMILES string of the molecule is CC(C)c1cccc2cc([C@H](N3NC(=O)CC3(C)C)C(F)(F)F)ccc12. The molecule has 1 saturated heterocycles. The van der Waals surface area contributed by atoms with E-state index in [0.717, 1.165) is 21.3 Å². The van der Waals surface area contributed by atoms with Crippen LogP contribution in [-0.4, -0.2) is 22.6 Å². The monoisotopic (exact) mass is 364 g/mol. The quantitative estimate of drug-likeness (QED) is 0.823. The third kappa shape index (κ3) is 3.30. The van der Waals surface area contributed by atoms with Crippen molar-refractivity contribution < 1.29 is 18.0 Å². The van der Waals surface area contributed by atoms with Crippen LogP contribution in [0.25, 0.3) is 10.8 Å². The van der Waals surface area contributed by atoms with E-state index < -0.39 is 23.7 Å². The summed E-state index contributed by atoms with van der Waals surface area (Å²) >= 11 is 0. The molecule has 26 heavy (non-hydrogen) atoms. The maximum Gasteiger partial charge on any atom is 0.409 e. The highest BCUT2D eigenvalue weighted by Crippen LogP contribution is 2.43. The molecule has 1 fully saturated rings. The summed E-state index contributed by atoms with van der Waals surface area (Å²) in [7, 11) is 0. The van der Waals surface area contributed by atoms with Crippen molar-refractivity contribution in [2.75, 3.05) is 0 Å². The fourth-order valence-corrected chi connectivity index (χ4v) is 3.70. The predicted octanol–water partition coefficient (Wildman–Crippen LogP) is 5.08. The van der Waals surface area contributed by atoms with E-state index in [1.54, 1.807) is 26.0 Å². The summed E-state index contributed by atoms with van der Waals surface area (Å²) in [5.74, 6) is -0.119. The van der Waals surface area contributed by atoms with Gasteiger partial charge >= 0.3 is 6.18 Å². The second-order valence-electron chi connectivity index (χ2n) is 7.82. The van der Waals surface area contributed by atoms with E-state index in [0.29, 0.717) is 0 Å². The average Bonchev–Trinajstić information content (AvgIpc) is 2.77. The molecule has 1 aliphatic heterocycles. The second-order valence-corrected chi connectivity index (χ2v) is 7.82. The minimum absolute atomic E-state index is 0.0324. The van der Waals surface area contributed by atoms with Crippen molar-refractivity contribution in [3.05, 3.63) is 47.5 Å². The molecule has 1 N–H and O–H groups in total. The maximum absolute atomic E-state index is 13.9. The molecule has 0 spiro atoms. The smallest absolute Gasteiger partial charge is 0.287 e. The molecular weight excluding hydrogens is 341 g/mol. The van der Waals surface area contributed by atoms with Crippen molar-refractivity contribution in [3.8, 4) is 0 Å². The van der Waals surface area contributed by atoms with Crippen LogP contribution in [0.4, 0.5) is 13.2 Å². The van der Waals surface area contributed by atoms with E-state index >= 15 is 0 Å². The van der Waals surface area contributed by atoms with Gasteiger partial charge in [0.15, 0.2) is 6.04 Å². The lowest BCUT2D eigenvalue weighted by atomic mass is 9.92. The van der Waals surface area contributed by atoms with E-state index in [9.17, 15) is 18.0 Å². The van der Waals surface area contributed by atoms with Crippen LogP contribution in [0, 0.1) is 0 Å². The first kappa shape index (κ1) is 18.7. The van der Waals surface area contributed by atoms with E-state index in [1.807, 2.05) is 18.2 Å². The number of hydrogen-bond acceptors (Lipinski definition) is 2. The van der Waals surface area contributed by atoms with Gasteiger partial charge in [-0.25, -0.2) is 0 Å². The molecule has 1 amide bonds. The standard InChI is InChI=1S/C20H23F3N2O/c1-12(2)15-7-5-6-13-10-14(8-9-16(13)15)18(20(21,22)23)25-19(3,4)11-17(26)24-25/h5-10,12,18H,11H2,1-4H3,(H,24,26)/t18-/m0/s1. The van der Waals surface area contributed by atoms with Crippen molar-refractivity contribution >= 4 is 16.7 Å². The van der Waals surface area contributed by atoms with Gasteiger partial charge in [0.2, 0.25) is 5.91 Å². The predicted molar refractivity (Wildman–Crippen MR) is 95.5 cm³/mol. The molecule has 1 atom stereocenters. The van der Waals surface area contributed by atoms with Gasteiger partial charge in [0, 0.05) is 12.0 Å². The number of carbonyl (C=O) groups is 1. The Kier molecular flexibility index (Phi) is 4.51. The molecule has 2 aromatic carbocycles. The summed E-state index contributed by atoms with van der Waals surface area (Å²) in [6.45, 7) is 7.40. The molecule has 0 unspecified atom stereocenters. The lowest BCUT2D eigenvalue weighted by Crippen LogP contribution is -2.51. The number of fused-ring (bicyclic) bond motifs is 1. The van der Waals surface area contributed by atoms with Crippen LogP contribution in [0.1, 0.15) is 57.2 Å². The van der Waals surface area contributed by atoms with Crippen molar-refractivity contribution in [2.24, 2.45) is 0 Å². The molecule has 3 rings (SSSR count). The van der Waals surface area contributed by atoms with Crippen LogP contribution in [0.15, 0.2) is 36.4 Å². The molecule has 0 saturated carbocycles. The highest BCUT2D eigenvalue weighted by Gasteiger charge is 2.52. The van der Waals surface area contributed by atoms with E-state index in [-0.39, 0.29) is 17.9 Å². The number of hydrazine groups is 1. The molecule has 0 bridgehead atoms. The zero-order valence-electron chi connectivity index (χ0n) is 15.3. The Morgan fingerprint density at radius 1 is 1.15 bits per heavy atom. The Morgan fingerprint density at radius 3 is 2.38 bits per heavy atom. The van der Waals surface area contributed by atoms with Crippen LogP contribution in [0.3, 0.4) is 0 Å². The Morgan fingerprint density at radius 2 is 1.85 bits per heavy atom. The van der Waals surface area contributed by atoms with Crippen molar-refractivity contribution in [3.63, 3.8) is 0 Å². The molecule has 0 aliphatic carbocycles. The molecule has 140 valence electrons. The van der Waals surface area contributed by atoms with E-state index in [1.165, 1.54) is 6.07 Å². The van der Waals surface area contributed by atoms with Gasteiger partial charge < -0.3 is 0 Å². The Hall–Kier alpha value is -2.08. The molecule has 1 heterocycles. The third-order valence-electron chi connectivity index (χ3n) is 4.93. The Bertz CT molecular complexity index is 843. The molecule has 3 nitrogen and oxygen atoms in total. The van der Waals surface area contributed by atoms with Gasteiger partial charge in [0.1, 0.15) is 0 Å². The van der Waals surface area contributed by atoms with Gasteiger partial charge in [0.05, 0.1) is 0 Å². The minimum atomic E-state index is -4.52. The van der Waals surface area contributed by atoms with Gasteiger partial charge in [0.25, 0.3) is 0 Å². The number of nitrogens with one attached hydrogen (secondary N) is 1. The number of nitrogens with zero attached hydrogens (tertiary/aromatic N) is 1. The molecule has 0 aromatic heterocycles. The molecule has 0 radical (unpaired) electrons. The van der Waals surface area contributed by atoms with Crippen LogP contribution in [0.5, 0.6) is 0 Å². The highest BCUT2D eigenvalue weighted by atomic mass is 19.4. The number of halogens is 3. The lowest BCUT2D eigenvalue weighted by molar-refractivity contribution is -0.203. The normalized spacial score (nSPS) is 19.2. The summed E-state index contributed by atoms with van der Waals surface area (Å²) in [4.78, 5) is 11.7. The fourth-order valence-electron chi connectivity index (χ4n) is 3.70. The third-order valence-corrected chi connectivity index (χ3v) is 4.93. The molecule has 2 aromatic rings. The fraction of sp³-hybridized carbons (Fsp3) is 0.450. The Balaban J connectivity index is 2.12. The maximum atomic E-state index is 13.9. The van der Waals surface area contributed by atoms with E-state index in [4.69, 9.17) is 0 Å². The zero-order valence-corrected chi connectivity index (χ0v) is 15.3. The van der Waals surface area contributed by atoms with Crippen LogP contribution >= 0.6 is 0 Å². The van der Waals surface area contributed by atoms with Gasteiger partial charge in [-0.2, -0.15) is 18.2 Å². The minimum Gasteiger partial charge on any atom is -0.287 e. The first-order valence-electron chi connectivity index (χ1n) is 8.69. The summed E-state index contributed by atoms with van der Waals surface area (Å²) in [5.41, 5.74) is 2.71. The number of alkyl halides is 3. The molecular formula is C20H23F3N2O. The topological polar surface area (TPSA) is 32.3 Å². The van der Waals surface area contributed by atoms with Gasteiger partial charge in [-0.3, -0.25) is 10.2 Å². The highest BCUT2D eigenvalue weighted by molar-refractivity contribution is 5.87. The summed E-state index contributed by atoms with van der Waals surface area (Å²) in [5, 5.41) is 2.77. The van der Waals surface area contributed by atoms with Crippen molar-refractivity contribution in [1.29, 1.82) is 0 Å². The summed E-state index contributed by atoms with van der Waals surface area (Å²) in [6.07, 6.45) is -4.48. The van der Waals surface area contributed by atoms with Crippen LogP contribution in [-0.2, 0) is 4.79 Å². The number of carbonyl (C=O) groups excluding carboxylic acids is 1. The number of hydrogen-bond donors (Lipinski definition) is 1. The van der Waals surface area contributed by atoms with Crippen molar-refractivity contribution in [1.82, 2.24) is 10.4 Å². The first-order chi connectivity index (χ1) is 12.0. The number of amides is 1.